The summed E-state index contributed by atoms with van der Waals surface area (Å²) in [5.41, 5.74) is -0.769. The largest absolute Gasteiger partial charge is 0.419 e. The second kappa shape index (κ2) is 9.01. The summed E-state index contributed by atoms with van der Waals surface area (Å²) in [6, 6.07) is 2.27. The molecule has 126 valence electrons. The molecule has 1 rings (SSSR count). The highest BCUT2D eigenvalue weighted by molar-refractivity contribution is 14.0. The Morgan fingerprint density at radius 2 is 1.82 bits per heavy atom. The minimum absolute atomic E-state index is 0. The molecule has 0 bridgehead atoms. The van der Waals surface area contributed by atoms with Crippen molar-refractivity contribution in [3.05, 3.63) is 23.9 Å². The van der Waals surface area contributed by atoms with Gasteiger partial charge < -0.3 is 15.1 Å². The smallest absolute Gasteiger partial charge is 0.368 e. The van der Waals surface area contributed by atoms with E-state index in [1.54, 1.807) is 0 Å². The molecule has 1 heterocycles. The number of hydrogen-bond acceptors (Lipinski definition) is 3. The Bertz CT molecular complexity index is 479. The Balaban J connectivity index is 0.00000441. The van der Waals surface area contributed by atoms with Crippen LogP contribution in [0.15, 0.2) is 23.3 Å². The molecule has 0 aliphatic carbocycles. The molecule has 0 amide bonds. The number of anilines is 1. The summed E-state index contributed by atoms with van der Waals surface area (Å²) in [6.45, 7) is 0.616. The molecular formula is C13H21F3IN5. The number of nitrogens with one attached hydrogen (secondary N) is 1. The van der Waals surface area contributed by atoms with Crippen LogP contribution in [0.3, 0.4) is 0 Å². The van der Waals surface area contributed by atoms with Gasteiger partial charge in [-0.1, -0.05) is 0 Å². The molecule has 1 N–H and O–H groups in total. The molecule has 0 spiro atoms. The molecule has 1 aromatic heterocycles. The average molecular weight is 431 g/mol. The SMILES string of the molecule is CN(C)C(=NCCNc1ncccc1C(F)(F)F)N(C)C.I. The van der Waals surface area contributed by atoms with Crippen molar-refractivity contribution < 1.29 is 13.2 Å². The zero-order valence-corrected chi connectivity index (χ0v) is 15.3. The molecule has 0 atom stereocenters. The third-order valence-electron chi connectivity index (χ3n) is 2.57. The van der Waals surface area contributed by atoms with E-state index in [1.165, 1.54) is 12.3 Å². The maximum atomic E-state index is 12.8. The summed E-state index contributed by atoms with van der Waals surface area (Å²) in [5.74, 6) is 0.574. The molecule has 5 nitrogen and oxygen atoms in total. The molecular weight excluding hydrogens is 410 g/mol. The Morgan fingerprint density at radius 3 is 2.32 bits per heavy atom. The van der Waals surface area contributed by atoms with E-state index < -0.39 is 11.7 Å². The maximum Gasteiger partial charge on any atom is 0.419 e. The van der Waals surface area contributed by atoms with Gasteiger partial charge in [0.1, 0.15) is 5.82 Å². The average Bonchev–Trinajstić information content (AvgIpc) is 2.36. The number of nitrogens with zero attached hydrogens (tertiary/aromatic N) is 4. The van der Waals surface area contributed by atoms with Crippen LogP contribution in [0, 0.1) is 0 Å². The van der Waals surface area contributed by atoms with E-state index >= 15 is 0 Å². The first kappa shape index (κ1) is 20.7. The fraction of sp³-hybridized carbons (Fsp3) is 0.538. The fourth-order valence-electron chi connectivity index (χ4n) is 1.79. The van der Waals surface area contributed by atoms with E-state index in [2.05, 4.69) is 15.3 Å². The Kier molecular flexibility index (Phi) is 8.49. The van der Waals surface area contributed by atoms with Gasteiger partial charge in [-0.15, -0.1) is 24.0 Å². The van der Waals surface area contributed by atoms with Gasteiger partial charge in [0, 0.05) is 40.9 Å². The van der Waals surface area contributed by atoms with Crippen LogP contribution in [0.1, 0.15) is 5.56 Å². The molecule has 0 radical (unpaired) electrons. The fourth-order valence-corrected chi connectivity index (χ4v) is 1.79. The second-order valence-corrected chi connectivity index (χ2v) is 4.79. The van der Waals surface area contributed by atoms with Crippen molar-refractivity contribution in [2.24, 2.45) is 4.99 Å². The number of pyridine rings is 1. The third kappa shape index (κ3) is 6.24. The van der Waals surface area contributed by atoms with Crippen LogP contribution in [0.4, 0.5) is 19.0 Å². The molecule has 0 aromatic carbocycles. The number of rotatable bonds is 4. The third-order valence-corrected chi connectivity index (χ3v) is 2.57. The molecule has 0 fully saturated rings. The summed E-state index contributed by atoms with van der Waals surface area (Å²) in [6.07, 6.45) is -3.09. The topological polar surface area (TPSA) is 43.8 Å². The Morgan fingerprint density at radius 1 is 1.23 bits per heavy atom. The Hall–Kier alpha value is -1.26. The number of hydrogen-bond donors (Lipinski definition) is 1. The van der Waals surface area contributed by atoms with Gasteiger partial charge in [-0.2, -0.15) is 13.2 Å². The first-order valence-corrected chi connectivity index (χ1v) is 6.38. The van der Waals surface area contributed by atoms with Gasteiger partial charge in [-0.05, 0) is 12.1 Å². The standard InChI is InChI=1S/C13H20F3N5.HI/c1-20(2)12(21(3)4)19-9-8-18-11-10(13(14,15)16)6-5-7-17-11;/h5-7H,8-9H2,1-4H3,(H,17,18);1H. The molecule has 9 heteroatoms. The van der Waals surface area contributed by atoms with Crippen molar-refractivity contribution in [3.63, 3.8) is 0 Å². The van der Waals surface area contributed by atoms with Crippen LogP contribution in [0.2, 0.25) is 0 Å². The number of halogens is 4. The van der Waals surface area contributed by atoms with Crippen molar-refractivity contribution >= 4 is 35.8 Å². The number of aliphatic imine (C=N–C) groups is 1. The van der Waals surface area contributed by atoms with Crippen LogP contribution >= 0.6 is 24.0 Å². The van der Waals surface area contributed by atoms with E-state index in [0.29, 0.717) is 6.54 Å². The number of guanidine groups is 1. The lowest BCUT2D eigenvalue weighted by Crippen LogP contribution is -2.35. The zero-order valence-electron chi connectivity index (χ0n) is 13.0. The molecule has 22 heavy (non-hydrogen) atoms. The van der Waals surface area contributed by atoms with E-state index in [-0.39, 0.29) is 36.3 Å². The van der Waals surface area contributed by atoms with E-state index in [1.807, 2.05) is 38.0 Å². The van der Waals surface area contributed by atoms with Gasteiger partial charge in [0.15, 0.2) is 5.96 Å². The van der Waals surface area contributed by atoms with Crippen LogP contribution in [0.25, 0.3) is 0 Å². The molecule has 0 aliphatic rings. The first-order valence-electron chi connectivity index (χ1n) is 6.38. The van der Waals surface area contributed by atoms with Gasteiger partial charge in [0.25, 0.3) is 0 Å². The normalized spacial score (nSPS) is 10.5. The Labute approximate surface area is 145 Å². The summed E-state index contributed by atoms with van der Waals surface area (Å²) >= 11 is 0. The van der Waals surface area contributed by atoms with Crippen molar-refractivity contribution in [1.29, 1.82) is 0 Å². The molecule has 1 aromatic rings. The number of alkyl halides is 3. The minimum atomic E-state index is -4.42. The zero-order chi connectivity index (χ0) is 16.0. The highest BCUT2D eigenvalue weighted by atomic mass is 127. The van der Waals surface area contributed by atoms with Gasteiger partial charge in [0.05, 0.1) is 12.1 Å². The van der Waals surface area contributed by atoms with E-state index in [0.717, 1.165) is 12.0 Å². The summed E-state index contributed by atoms with van der Waals surface area (Å²) < 4.78 is 38.3. The van der Waals surface area contributed by atoms with Gasteiger partial charge >= 0.3 is 6.18 Å². The van der Waals surface area contributed by atoms with Crippen LogP contribution in [-0.4, -0.2) is 62.0 Å². The lowest BCUT2D eigenvalue weighted by atomic mass is 10.2. The monoisotopic (exact) mass is 431 g/mol. The second-order valence-electron chi connectivity index (χ2n) is 4.79. The minimum Gasteiger partial charge on any atom is -0.368 e. The lowest BCUT2D eigenvalue weighted by Gasteiger charge is -2.22. The van der Waals surface area contributed by atoms with Gasteiger partial charge in [0.2, 0.25) is 0 Å². The predicted molar refractivity (Wildman–Crippen MR) is 92.8 cm³/mol. The molecule has 0 aliphatic heterocycles. The first-order chi connectivity index (χ1) is 9.73. The van der Waals surface area contributed by atoms with Crippen molar-refractivity contribution in [3.8, 4) is 0 Å². The summed E-state index contributed by atoms with van der Waals surface area (Å²) in [7, 11) is 7.42. The van der Waals surface area contributed by atoms with Crippen molar-refractivity contribution in [1.82, 2.24) is 14.8 Å². The predicted octanol–water partition coefficient (Wildman–Crippen LogP) is 2.61. The van der Waals surface area contributed by atoms with Crippen LogP contribution in [-0.2, 0) is 6.18 Å². The maximum absolute atomic E-state index is 12.8. The van der Waals surface area contributed by atoms with E-state index in [9.17, 15) is 13.2 Å². The van der Waals surface area contributed by atoms with E-state index in [4.69, 9.17) is 0 Å². The highest BCUT2D eigenvalue weighted by Gasteiger charge is 2.33. The number of aromatic nitrogens is 1. The molecule has 0 unspecified atom stereocenters. The van der Waals surface area contributed by atoms with Gasteiger partial charge in [-0.3, -0.25) is 4.99 Å². The van der Waals surface area contributed by atoms with Crippen LogP contribution in [0.5, 0.6) is 0 Å². The summed E-state index contributed by atoms with van der Waals surface area (Å²) in [5, 5.41) is 2.68. The van der Waals surface area contributed by atoms with Crippen molar-refractivity contribution in [2.75, 3.05) is 46.6 Å². The lowest BCUT2D eigenvalue weighted by molar-refractivity contribution is -0.137. The van der Waals surface area contributed by atoms with Crippen molar-refractivity contribution in [2.45, 2.75) is 6.18 Å². The molecule has 0 saturated carbocycles. The van der Waals surface area contributed by atoms with Crippen LogP contribution < -0.4 is 5.32 Å². The quantitative estimate of drug-likeness (QED) is 0.345. The molecule has 0 saturated heterocycles. The highest BCUT2D eigenvalue weighted by Crippen LogP contribution is 2.33. The summed E-state index contributed by atoms with van der Waals surface area (Å²) in [4.78, 5) is 11.7. The van der Waals surface area contributed by atoms with Gasteiger partial charge in [-0.25, -0.2) is 4.98 Å².